The minimum atomic E-state index is -1.40. The van der Waals surface area contributed by atoms with Crippen LogP contribution in [0.5, 0.6) is 0 Å². The molecule has 1 saturated heterocycles. The van der Waals surface area contributed by atoms with E-state index in [4.69, 9.17) is 0 Å². The summed E-state index contributed by atoms with van der Waals surface area (Å²) < 4.78 is 14.4. The molecule has 1 aromatic rings. The minimum Gasteiger partial charge on any atom is -0.274 e. The number of allylic oxidation sites excluding steroid dienone is 1. The number of carbonyl (C=O) groups is 1. The first-order chi connectivity index (χ1) is 10.1. The van der Waals surface area contributed by atoms with Crippen molar-refractivity contribution in [3.8, 4) is 0 Å². The number of amides is 1. The number of benzene rings is 1. The molecule has 4 heteroatoms. The maximum atomic E-state index is 12.8. The Balaban J connectivity index is 2.24. The molecule has 3 unspecified atom stereocenters. The van der Waals surface area contributed by atoms with Crippen LogP contribution >= 0.6 is 0 Å². The van der Waals surface area contributed by atoms with Crippen molar-refractivity contribution in [2.45, 2.75) is 50.5 Å². The van der Waals surface area contributed by atoms with E-state index in [0.717, 1.165) is 31.2 Å². The molecule has 1 fully saturated rings. The van der Waals surface area contributed by atoms with Crippen LogP contribution in [0.3, 0.4) is 0 Å². The number of aryl methyl sites for hydroxylation is 1. The predicted molar refractivity (Wildman–Crippen MR) is 86.1 cm³/mol. The summed E-state index contributed by atoms with van der Waals surface area (Å²) in [4.78, 5) is 13.2. The molecule has 3 atom stereocenters. The lowest BCUT2D eigenvalue weighted by Crippen LogP contribution is -2.35. The van der Waals surface area contributed by atoms with Gasteiger partial charge in [-0.05, 0) is 44.7 Å². The Kier molecular flexibility index (Phi) is 5.34. The molecule has 1 aliphatic heterocycles. The Morgan fingerprint density at radius 2 is 2.05 bits per heavy atom. The summed E-state index contributed by atoms with van der Waals surface area (Å²) >= 11 is 0. The van der Waals surface area contributed by atoms with Crippen molar-refractivity contribution < 1.29 is 9.00 Å². The van der Waals surface area contributed by atoms with Gasteiger partial charge in [-0.1, -0.05) is 30.7 Å². The average molecular weight is 305 g/mol. The molecule has 21 heavy (non-hydrogen) atoms. The summed E-state index contributed by atoms with van der Waals surface area (Å²) in [6.07, 6.45) is 5.15. The largest absolute Gasteiger partial charge is 0.274 e. The number of carbonyl (C=O) groups excluding carboxylic acids is 1. The van der Waals surface area contributed by atoms with Crippen molar-refractivity contribution in [1.29, 1.82) is 0 Å². The Morgan fingerprint density at radius 3 is 2.62 bits per heavy atom. The van der Waals surface area contributed by atoms with Crippen LogP contribution < -0.4 is 0 Å². The van der Waals surface area contributed by atoms with Gasteiger partial charge in [0.2, 0.25) is 5.91 Å². The summed E-state index contributed by atoms with van der Waals surface area (Å²) in [5.41, 5.74) is 1.12. The smallest absolute Gasteiger partial charge is 0.237 e. The fraction of sp³-hybridized carbons (Fsp3) is 0.471. The van der Waals surface area contributed by atoms with Crippen molar-refractivity contribution in [2.75, 3.05) is 0 Å². The molecule has 1 aliphatic rings. The number of hydrogen-bond acceptors (Lipinski definition) is 2. The molecule has 1 aromatic carbocycles. The highest BCUT2D eigenvalue weighted by molar-refractivity contribution is 7.83. The molecule has 0 bridgehead atoms. The summed E-state index contributed by atoms with van der Waals surface area (Å²) in [6.45, 7) is 7.75. The molecule has 114 valence electrons. The molecule has 0 saturated carbocycles. The first-order valence-corrected chi connectivity index (χ1v) is 8.61. The van der Waals surface area contributed by atoms with Gasteiger partial charge in [0.1, 0.15) is 0 Å². The molecular weight excluding hydrogens is 282 g/mol. The van der Waals surface area contributed by atoms with E-state index in [1.807, 2.05) is 44.2 Å². The topological polar surface area (TPSA) is 37.4 Å². The molecule has 1 amide bonds. The summed E-state index contributed by atoms with van der Waals surface area (Å²) in [5, 5.41) is 0. The highest BCUT2D eigenvalue weighted by Gasteiger charge is 2.41. The second-order valence-electron chi connectivity index (χ2n) is 5.59. The van der Waals surface area contributed by atoms with Crippen molar-refractivity contribution in [2.24, 2.45) is 5.92 Å². The van der Waals surface area contributed by atoms with Crippen LogP contribution in [-0.4, -0.2) is 20.5 Å². The minimum absolute atomic E-state index is 0.00853. The molecule has 1 heterocycles. The lowest BCUT2D eigenvalue weighted by Gasteiger charge is -2.23. The number of nitrogens with zero attached hydrogens (tertiary/aromatic N) is 1. The van der Waals surface area contributed by atoms with Crippen LogP contribution in [-0.2, 0) is 15.8 Å². The van der Waals surface area contributed by atoms with Crippen LogP contribution in [0.2, 0.25) is 0 Å². The zero-order chi connectivity index (χ0) is 15.4. The number of hydrogen-bond donors (Lipinski definition) is 0. The Bertz CT molecular complexity index is 538. The average Bonchev–Trinajstić information content (AvgIpc) is 2.81. The van der Waals surface area contributed by atoms with Gasteiger partial charge in [-0.25, -0.2) is 4.21 Å². The van der Waals surface area contributed by atoms with Gasteiger partial charge < -0.3 is 0 Å². The molecule has 2 rings (SSSR count). The Labute approximate surface area is 129 Å². The molecule has 0 spiro atoms. The van der Waals surface area contributed by atoms with E-state index in [1.165, 1.54) is 0 Å². The van der Waals surface area contributed by atoms with Gasteiger partial charge in [-0.15, -0.1) is 6.58 Å². The van der Waals surface area contributed by atoms with E-state index < -0.39 is 11.0 Å². The van der Waals surface area contributed by atoms with Gasteiger partial charge in [-0.3, -0.25) is 9.10 Å². The van der Waals surface area contributed by atoms with Crippen molar-refractivity contribution in [3.05, 3.63) is 42.5 Å². The monoisotopic (exact) mass is 305 g/mol. The van der Waals surface area contributed by atoms with Gasteiger partial charge in [0.15, 0.2) is 11.0 Å². The van der Waals surface area contributed by atoms with Gasteiger partial charge in [0.25, 0.3) is 0 Å². The summed E-state index contributed by atoms with van der Waals surface area (Å²) in [5.74, 6) is 0.0414. The second kappa shape index (κ2) is 7.03. The van der Waals surface area contributed by atoms with Gasteiger partial charge in [0.05, 0.1) is 4.90 Å². The first-order valence-electron chi connectivity index (χ1n) is 7.51. The van der Waals surface area contributed by atoms with E-state index in [0.29, 0.717) is 4.90 Å². The van der Waals surface area contributed by atoms with Crippen LogP contribution in [0.4, 0.5) is 0 Å². The second-order valence-corrected chi connectivity index (χ2v) is 6.95. The van der Waals surface area contributed by atoms with Crippen LogP contribution in [0.25, 0.3) is 0 Å². The highest BCUT2D eigenvalue weighted by atomic mass is 32.2. The quantitative estimate of drug-likeness (QED) is 0.753. The number of rotatable bonds is 6. The first kappa shape index (κ1) is 16.0. The van der Waals surface area contributed by atoms with E-state index in [9.17, 15) is 9.00 Å². The molecule has 3 nitrogen and oxygen atoms in total. The fourth-order valence-electron chi connectivity index (χ4n) is 2.76. The summed E-state index contributed by atoms with van der Waals surface area (Å²) in [6, 6.07) is 7.63. The van der Waals surface area contributed by atoms with Crippen LogP contribution in [0, 0.1) is 12.8 Å². The zero-order valence-corrected chi connectivity index (χ0v) is 13.6. The van der Waals surface area contributed by atoms with E-state index >= 15 is 0 Å². The normalized spacial score (nSPS) is 23.3. The van der Waals surface area contributed by atoms with Crippen molar-refractivity contribution >= 4 is 16.9 Å². The van der Waals surface area contributed by atoms with Crippen molar-refractivity contribution in [3.63, 3.8) is 0 Å². The van der Waals surface area contributed by atoms with E-state index in [1.54, 1.807) is 4.31 Å². The lowest BCUT2D eigenvalue weighted by atomic mass is 10.0. The van der Waals surface area contributed by atoms with Gasteiger partial charge >= 0.3 is 0 Å². The predicted octanol–water partition coefficient (Wildman–Crippen LogP) is 3.61. The lowest BCUT2D eigenvalue weighted by molar-refractivity contribution is -0.127. The van der Waals surface area contributed by atoms with Crippen molar-refractivity contribution in [1.82, 2.24) is 4.31 Å². The molecule has 0 N–H and O–H groups in total. The maximum Gasteiger partial charge on any atom is 0.237 e. The van der Waals surface area contributed by atoms with E-state index in [-0.39, 0.29) is 17.9 Å². The van der Waals surface area contributed by atoms with Gasteiger partial charge in [0, 0.05) is 12.0 Å². The third-order valence-corrected chi connectivity index (χ3v) is 5.56. The standard InChI is InChI=1S/C17H23NO2S/c1-4-6-7-15-12-14(5-2)17(19)18(15)21(20)16-10-8-13(3)9-11-16/h4,8-11,14-15H,1,5-7,12H2,2-3H3. The van der Waals surface area contributed by atoms with Crippen LogP contribution in [0.15, 0.2) is 41.8 Å². The van der Waals surface area contributed by atoms with Gasteiger partial charge in [-0.2, -0.15) is 0 Å². The zero-order valence-electron chi connectivity index (χ0n) is 12.7. The van der Waals surface area contributed by atoms with Crippen LogP contribution in [0.1, 0.15) is 38.2 Å². The maximum absolute atomic E-state index is 12.8. The third-order valence-electron chi connectivity index (χ3n) is 4.05. The molecule has 0 aromatic heterocycles. The van der Waals surface area contributed by atoms with E-state index in [2.05, 4.69) is 6.58 Å². The Morgan fingerprint density at radius 1 is 1.38 bits per heavy atom. The molecule has 0 aliphatic carbocycles. The Hall–Kier alpha value is -1.42. The fourth-order valence-corrected chi connectivity index (χ4v) is 4.13. The molecular formula is C17H23NO2S. The third kappa shape index (κ3) is 3.43. The SMILES string of the molecule is C=CCCC1CC(CC)C(=O)N1S(=O)c1ccc(C)cc1. The summed E-state index contributed by atoms with van der Waals surface area (Å²) in [7, 11) is -1.40. The molecule has 0 radical (unpaired) electrons. The highest BCUT2D eigenvalue weighted by Crippen LogP contribution is 2.33.